The van der Waals surface area contributed by atoms with Crippen LogP contribution in [0.4, 0.5) is 11.5 Å². The Balaban J connectivity index is 2.52. The Morgan fingerprint density at radius 1 is 1.50 bits per heavy atom. The molecule has 2 N–H and O–H groups in total. The van der Waals surface area contributed by atoms with Crippen molar-refractivity contribution in [3.8, 4) is 0 Å². The molecule has 4 nitrogen and oxygen atoms in total. The fourth-order valence-electron chi connectivity index (χ4n) is 0.957. The summed E-state index contributed by atoms with van der Waals surface area (Å²) < 4.78 is 0. The first kappa shape index (κ1) is 5.46. The maximum absolute atomic E-state index is 4.17. The van der Waals surface area contributed by atoms with Crippen LogP contribution in [0, 0.1) is 6.92 Å². The van der Waals surface area contributed by atoms with Crippen molar-refractivity contribution in [2.24, 2.45) is 0 Å². The predicted octanol–water partition coefficient (Wildman–Crippen LogP) is 0.580. The molecule has 0 spiro atoms. The van der Waals surface area contributed by atoms with E-state index in [1.165, 1.54) is 0 Å². The molecule has 0 fully saturated rings. The zero-order valence-electron chi connectivity index (χ0n) is 5.68. The maximum Gasteiger partial charge on any atom is 0.154 e. The van der Waals surface area contributed by atoms with E-state index in [4.69, 9.17) is 0 Å². The molecule has 0 radical (unpaired) electrons. The van der Waals surface area contributed by atoms with Crippen LogP contribution in [0.1, 0.15) is 5.82 Å². The molecule has 10 heavy (non-hydrogen) atoms. The van der Waals surface area contributed by atoms with Crippen LogP contribution in [0.25, 0.3) is 0 Å². The summed E-state index contributed by atoms with van der Waals surface area (Å²) >= 11 is 0. The normalized spacial score (nSPS) is 13.7. The third kappa shape index (κ3) is 0.689. The quantitative estimate of drug-likeness (QED) is 0.547. The molecule has 0 aliphatic carbocycles. The molecule has 1 aromatic heterocycles. The average Bonchev–Trinajstić information content (AvgIpc) is 2.33. The Morgan fingerprint density at radius 2 is 2.40 bits per heavy atom. The number of hydrogen-bond acceptors (Lipinski definition) is 4. The van der Waals surface area contributed by atoms with E-state index in [0.717, 1.165) is 24.0 Å². The summed E-state index contributed by atoms with van der Waals surface area (Å²) in [6.07, 6.45) is 1.79. The highest BCUT2D eigenvalue weighted by Gasteiger charge is 2.09. The van der Waals surface area contributed by atoms with E-state index in [-0.39, 0.29) is 0 Å². The minimum atomic E-state index is 0.757. The van der Waals surface area contributed by atoms with E-state index in [1.807, 2.05) is 6.92 Å². The Labute approximate surface area is 58.7 Å². The van der Waals surface area contributed by atoms with Gasteiger partial charge in [0, 0.05) is 0 Å². The highest BCUT2D eigenvalue weighted by molar-refractivity contribution is 5.67. The summed E-state index contributed by atoms with van der Waals surface area (Å²) in [5.41, 5.74) is 0.991. The second-order valence-electron chi connectivity index (χ2n) is 2.21. The standard InChI is InChI=1S/C6H8N4/c1-4-7-2-5-6(10-4)9-3-8-5/h2,8H,3H2,1H3,(H,7,9,10). The van der Waals surface area contributed by atoms with Gasteiger partial charge in [-0.05, 0) is 6.92 Å². The summed E-state index contributed by atoms with van der Waals surface area (Å²) in [4.78, 5) is 8.21. The van der Waals surface area contributed by atoms with Crippen LogP contribution in [0.15, 0.2) is 6.20 Å². The van der Waals surface area contributed by atoms with Crippen molar-refractivity contribution in [2.75, 3.05) is 17.3 Å². The Bertz CT molecular complexity index is 258. The number of nitrogens with zero attached hydrogens (tertiary/aromatic N) is 2. The number of aryl methyl sites for hydroxylation is 1. The van der Waals surface area contributed by atoms with Gasteiger partial charge in [-0.2, -0.15) is 0 Å². The van der Waals surface area contributed by atoms with Gasteiger partial charge in [0.2, 0.25) is 0 Å². The third-order valence-electron chi connectivity index (χ3n) is 1.44. The summed E-state index contributed by atoms with van der Waals surface area (Å²) in [6, 6.07) is 0. The van der Waals surface area contributed by atoms with Gasteiger partial charge in [0.25, 0.3) is 0 Å². The number of nitrogens with one attached hydrogen (secondary N) is 2. The van der Waals surface area contributed by atoms with E-state index in [0.29, 0.717) is 0 Å². The number of fused-ring (bicyclic) bond motifs is 1. The SMILES string of the molecule is Cc1ncc2c(n1)NCN2. The van der Waals surface area contributed by atoms with Crippen molar-refractivity contribution >= 4 is 11.5 Å². The molecule has 2 heterocycles. The fourth-order valence-corrected chi connectivity index (χ4v) is 0.957. The van der Waals surface area contributed by atoms with Gasteiger partial charge < -0.3 is 10.6 Å². The summed E-state index contributed by atoms with van der Waals surface area (Å²) in [7, 11) is 0. The van der Waals surface area contributed by atoms with Crippen LogP contribution in [0.5, 0.6) is 0 Å². The average molecular weight is 136 g/mol. The second kappa shape index (κ2) is 1.83. The molecule has 0 saturated carbocycles. The molecule has 4 heteroatoms. The summed E-state index contributed by atoms with van der Waals surface area (Å²) in [5.74, 6) is 1.71. The Hall–Kier alpha value is -1.32. The molecule has 0 unspecified atom stereocenters. The molecule has 1 aromatic rings. The van der Waals surface area contributed by atoms with Crippen molar-refractivity contribution in [1.29, 1.82) is 0 Å². The van der Waals surface area contributed by atoms with E-state index in [1.54, 1.807) is 6.20 Å². The lowest BCUT2D eigenvalue weighted by molar-refractivity contribution is 1.07. The summed E-state index contributed by atoms with van der Waals surface area (Å²) in [6.45, 7) is 2.63. The molecule has 0 amide bonds. The second-order valence-corrected chi connectivity index (χ2v) is 2.21. The fraction of sp³-hybridized carbons (Fsp3) is 0.333. The lowest BCUT2D eigenvalue weighted by atomic mass is 10.5. The highest BCUT2D eigenvalue weighted by Crippen LogP contribution is 2.21. The van der Waals surface area contributed by atoms with Crippen LogP contribution in [0.3, 0.4) is 0 Å². The lowest BCUT2D eigenvalue weighted by Crippen LogP contribution is -1.99. The van der Waals surface area contributed by atoms with E-state index >= 15 is 0 Å². The van der Waals surface area contributed by atoms with Crippen molar-refractivity contribution in [2.45, 2.75) is 6.92 Å². The van der Waals surface area contributed by atoms with Crippen molar-refractivity contribution in [3.05, 3.63) is 12.0 Å². The highest BCUT2D eigenvalue weighted by atomic mass is 15.2. The van der Waals surface area contributed by atoms with Gasteiger partial charge in [0.1, 0.15) is 5.82 Å². The van der Waals surface area contributed by atoms with Gasteiger partial charge in [-0.1, -0.05) is 0 Å². The third-order valence-corrected chi connectivity index (χ3v) is 1.44. The molecule has 0 bridgehead atoms. The smallest absolute Gasteiger partial charge is 0.154 e. The maximum atomic E-state index is 4.17. The van der Waals surface area contributed by atoms with Gasteiger partial charge in [-0.25, -0.2) is 9.97 Å². The van der Waals surface area contributed by atoms with Crippen molar-refractivity contribution in [1.82, 2.24) is 9.97 Å². The molecule has 1 aliphatic rings. The van der Waals surface area contributed by atoms with Gasteiger partial charge in [-0.15, -0.1) is 0 Å². The topological polar surface area (TPSA) is 49.8 Å². The van der Waals surface area contributed by atoms with Crippen LogP contribution in [-0.2, 0) is 0 Å². The monoisotopic (exact) mass is 136 g/mol. The molecule has 1 aliphatic heterocycles. The minimum Gasteiger partial charge on any atom is -0.364 e. The van der Waals surface area contributed by atoms with Crippen LogP contribution in [-0.4, -0.2) is 16.6 Å². The Morgan fingerprint density at radius 3 is 3.30 bits per heavy atom. The first-order valence-corrected chi connectivity index (χ1v) is 3.17. The van der Waals surface area contributed by atoms with Gasteiger partial charge >= 0.3 is 0 Å². The first-order chi connectivity index (χ1) is 4.86. The molecular weight excluding hydrogens is 128 g/mol. The zero-order chi connectivity index (χ0) is 6.97. The van der Waals surface area contributed by atoms with E-state index < -0.39 is 0 Å². The van der Waals surface area contributed by atoms with Crippen molar-refractivity contribution in [3.63, 3.8) is 0 Å². The molecule has 52 valence electrons. The number of hydrogen-bond donors (Lipinski definition) is 2. The Kier molecular flexibility index (Phi) is 1.00. The first-order valence-electron chi connectivity index (χ1n) is 3.17. The van der Waals surface area contributed by atoms with E-state index in [9.17, 15) is 0 Å². The summed E-state index contributed by atoms with van der Waals surface area (Å²) in [5, 5.41) is 6.17. The minimum absolute atomic E-state index is 0.757. The lowest BCUT2D eigenvalue weighted by Gasteiger charge is -1.95. The van der Waals surface area contributed by atoms with Crippen LogP contribution >= 0.6 is 0 Å². The molecule has 0 saturated heterocycles. The predicted molar refractivity (Wildman–Crippen MR) is 38.9 cm³/mol. The van der Waals surface area contributed by atoms with Crippen LogP contribution in [0.2, 0.25) is 0 Å². The molecule has 0 atom stereocenters. The zero-order valence-corrected chi connectivity index (χ0v) is 5.68. The molecular formula is C6H8N4. The number of anilines is 2. The molecule has 0 aromatic carbocycles. The molecule has 2 rings (SSSR count). The van der Waals surface area contributed by atoms with Crippen LogP contribution < -0.4 is 10.6 Å². The largest absolute Gasteiger partial charge is 0.364 e. The van der Waals surface area contributed by atoms with Gasteiger partial charge in [0.15, 0.2) is 5.82 Å². The number of aromatic nitrogens is 2. The van der Waals surface area contributed by atoms with E-state index in [2.05, 4.69) is 20.6 Å². The van der Waals surface area contributed by atoms with Gasteiger partial charge in [-0.3, -0.25) is 0 Å². The van der Waals surface area contributed by atoms with Gasteiger partial charge in [0.05, 0.1) is 18.6 Å². The number of rotatable bonds is 0. The van der Waals surface area contributed by atoms with Crippen molar-refractivity contribution < 1.29 is 0 Å².